The maximum Gasteiger partial charge on any atom is 0.307 e. The predicted octanol–water partition coefficient (Wildman–Crippen LogP) is 4.56. The number of piperidine rings is 1. The third-order valence-electron chi connectivity index (χ3n) is 4.71. The van der Waals surface area contributed by atoms with E-state index in [-0.39, 0.29) is 5.92 Å². The molecule has 0 saturated carbocycles. The van der Waals surface area contributed by atoms with Crippen LogP contribution in [-0.4, -0.2) is 47.9 Å². The Morgan fingerprint density at radius 3 is 2.36 bits per heavy atom. The first-order valence-electron chi connectivity index (χ1n) is 9.20. The van der Waals surface area contributed by atoms with E-state index in [2.05, 4.69) is 10.1 Å². The Labute approximate surface area is 174 Å². The summed E-state index contributed by atoms with van der Waals surface area (Å²) in [6.07, 6.45) is 1.62. The van der Waals surface area contributed by atoms with Gasteiger partial charge in [-0.05, 0) is 43.7 Å². The number of aliphatic carboxylic acids is 1. The highest BCUT2D eigenvalue weighted by Crippen LogP contribution is 2.19. The van der Waals surface area contributed by atoms with E-state index in [0.717, 1.165) is 30.5 Å². The van der Waals surface area contributed by atoms with Crippen LogP contribution in [-0.2, 0) is 9.63 Å². The van der Waals surface area contributed by atoms with Crippen molar-refractivity contribution in [2.45, 2.75) is 12.8 Å². The zero-order valence-electron chi connectivity index (χ0n) is 15.4. The molecule has 1 heterocycles. The number of halogens is 2. The number of carboxylic acids is 1. The Kier molecular flexibility index (Phi) is 7.31. The third kappa shape index (κ3) is 5.71. The fourth-order valence-electron chi connectivity index (χ4n) is 3.28. The fourth-order valence-corrected chi connectivity index (χ4v) is 3.66. The molecular weight excluding hydrogens is 399 g/mol. The lowest BCUT2D eigenvalue weighted by Crippen LogP contribution is -2.40. The van der Waals surface area contributed by atoms with Gasteiger partial charge >= 0.3 is 5.97 Å². The summed E-state index contributed by atoms with van der Waals surface area (Å²) < 4.78 is 0. The second-order valence-corrected chi connectivity index (χ2v) is 7.64. The van der Waals surface area contributed by atoms with Crippen LogP contribution in [0, 0.1) is 5.92 Å². The van der Waals surface area contributed by atoms with E-state index in [1.54, 1.807) is 12.1 Å². The standard InChI is InChI=1S/C21H22Cl2N2O3/c22-18-7-1-4-15(12-18)20(16-5-2-8-19(23)13-16)24-28-11-10-25-9-3-6-17(14-25)21(26)27/h1-2,4-5,7-8,12-13,17H,3,6,9-11,14H2,(H,26,27). The minimum absolute atomic E-state index is 0.300. The Morgan fingerprint density at radius 1 is 1.14 bits per heavy atom. The van der Waals surface area contributed by atoms with Crippen LogP contribution in [0.15, 0.2) is 53.7 Å². The Bertz CT molecular complexity index is 810. The molecule has 2 aromatic carbocycles. The lowest BCUT2D eigenvalue weighted by atomic mass is 9.98. The molecule has 1 aliphatic heterocycles. The van der Waals surface area contributed by atoms with Crippen LogP contribution in [0.2, 0.25) is 10.0 Å². The van der Waals surface area contributed by atoms with Crippen molar-refractivity contribution >= 4 is 34.9 Å². The van der Waals surface area contributed by atoms with E-state index >= 15 is 0 Å². The first-order chi connectivity index (χ1) is 13.5. The molecule has 28 heavy (non-hydrogen) atoms. The summed E-state index contributed by atoms with van der Waals surface area (Å²) in [5, 5.41) is 14.8. The van der Waals surface area contributed by atoms with Gasteiger partial charge < -0.3 is 9.94 Å². The molecule has 1 aliphatic rings. The van der Waals surface area contributed by atoms with Crippen LogP contribution < -0.4 is 0 Å². The van der Waals surface area contributed by atoms with Gasteiger partial charge in [0.05, 0.1) is 5.92 Å². The summed E-state index contributed by atoms with van der Waals surface area (Å²) in [6.45, 7) is 2.44. The van der Waals surface area contributed by atoms with Crippen LogP contribution in [0.3, 0.4) is 0 Å². The van der Waals surface area contributed by atoms with Crippen molar-refractivity contribution in [3.8, 4) is 0 Å². The molecule has 0 amide bonds. The summed E-state index contributed by atoms with van der Waals surface area (Å²) in [5.41, 5.74) is 2.31. The Hall–Kier alpha value is -2.08. The largest absolute Gasteiger partial charge is 0.481 e. The molecule has 5 nitrogen and oxygen atoms in total. The molecule has 1 unspecified atom stereocenters. The van der Waals surface area contributed by atoms with Gasteiger partial charge in [0.1, 0.15) is 12.3 Å². The molecule has 1 N–H and O–H groups in total. The number of carboxylic acid groups (broad SMARTS) is 1. The summed E-state index contributed by atoms with van der Waals surface area (Å²) in [5.74, 6) is -1.03. The maximum absolute atomic E-state index is 11.2. The van der Waals surface area contributed by atoms with Crippen LogP contribution in [0.1, 0.15) is 24.0 Å². The van der Waals surface area contributed by atoms with Gasteiger partial charge in [-0.25, -0.2) is 0 Å². The summed E-state index contributed by atoms with van der Waals surface area (Å²) in [6, 6.07) is 14.8. The van der Waals surface area contributed by atoms with Gasteiger partial charge in [-0.3, -0.25) is 9.69 Å². The number of carbonyl (C=O) groups is 1. The molecule has 2 aromatic rings. The lowest BCUT2D eigenvalue weighted by Gasteiger charge is -2.29. The molecule has 0 radical (unpaired) electrons. The summed E-state index contributed by atoms with van der Waals surface area (Å²) in [4.78, 5) is 18.9. The normalized spacial score (nSPS) is 17.1. The topological polar surface area (TPSA) is 62.1 Å². The lowest BCUT2D eigenvalue weighted by molar-refractivity contribution is -0.143. The highest BCUT2D eigenvalue weighted by molar-refractivity contribution is 6.32. The van der Waals surface area contributed by atoms with Gasteiger partial charge in [0.15, 0.2) is 0 Å². The summed E-state index contributed by atoms with van der Waals surface area (Å²) >= 11 is 12.3. The van der Waals surface area contributed by atoms with Gasteiger partial charge in [-0.15, -0.1) is 0 Å². The second kappa shape index (κ2) is 9.92. The molecule has 1 atom stereocenters. The van der Waals surface area contributed by atoms with Crippen LogP contribution >= 0.6 is 23.2 Å². The quantitative estimate of drug-likeness (QED) is 0.405. The molecule has 0 aliphatic carbocycles. The molecule has 7 heteroatoms. The third-order valence-corrected chi connectivity index (χ3v) is 5.18. The number of benzene rings is 2. The van der Waals surface area contributed by atoms with Crippen molar-refractivity contribution < 1.29 is 14.7 Å². The summed E-state index contributed by atoms with van der Waals surface area (Å²) in [7, 11) is 0. The van der Waals surface area contributed by atoms with Crippen molar-refractivity contribution in [3.05, 3.63) is 69.7 Å². The molecule has 1 saturated heterocycles. The number of oxime groups is 1. The van der Waals surface area contributed by atoms with Crippen molar-refractivity contribution in [1.82, 2.24) is 4.90 Å². The van der Waals surface area contributed by atoms with Gasteiger partial charge in [-0.2, -0.15) is 0 Å². The van der Waals surface area contributed by atoms with Crippen molar-refractivity contribution in [2.75, 3.05) is 26.2 Å². The molecule has 3 rings (SSSR count). The van der Waals surface area contributed by atoms with E-state index < -0.39 is 5.97 Å². The zero-order chi connectivity index (χ0) is 19.9. The maximum atomic E-state index is 11.2. The SMILES string of the molecule is O=C(O)C1CCCN(CCON=C(c2cccc(Cl)c2)c2cccc(Cl)c2)C1. The van der Waals surface area contributed by atoms with Crippen LogP contribution in [0.4, 0.5) is 0 Å². The van der Waals surface area contributed by atoms with Crippen molar-refractivity contribution in [1.29, 1.82) is 0 Å². The smallest absolute Gasteiger partial charge is 0.307 e. The number of nitrogens with zero attached hydrogens (tertiary/aromatic N) is 2. The van der Waals surface area contributed by atoms with Crippen molar-refractivity contribution in [3.63, 3.8) is 0 Å². The molecule has 1 fully saturated rings. The first-order valence-corrected chi connectivity index (χ1v) is 9.95. The molecule has 0 spiro atoms. The van der Waals surface area contributed by atoms with Gasteiger partial charge in [0.2, 0.25) is 0 Å². The average molecular weight is 421 g/mol. The predicted molar refractivity (Wildman–Crippen MR) is 111 cm³/mol. The van der Waals surface area contributed by atoms with E-state index in [1.165, 1.54) is 0 Å². The van der Waals surface area contributed by atoms with E-state index in [4.69, 9.17) is 28.0 Å². The zero-order valence-corrected chi connectivity index (χ0v) is 16.9. The Morgan fingerprint density at radius 2 is 1.79 bits per heavy atom. The number of likely N-dealkylation sites (tertiary alicyclic amines) is 1. The van der Waals surface area contributed by atoms with Crippen LogP contribution in [0.25, 0.3) is 0 Å². The highest BCUT2D eigenvalue weighted by atomic mass is 35.5. The average Bonchev–Trinajstić information content (AvgIpc) is 2.68. The van der Waals surface area contributed by atoms with Gasteiger partial charge in [-0.1, -0.05) is 52.6 Å². The Balaban J connectivity index is 1.69. The van der Waals surface area contributed by atoms with Gasteiger partial charge in [0, 0.05) is 34.3 Å². The van der Waals surface area contributed by atoms with Gasteiger partial charge in [0.25, 0.3) is 0 Å². The number of hydrogen-bond acceptors (Lipinski definition) is 4. The molecule has 0 aromatic heterocycles. The first kappa shape index (κ1) is 20.6. The molecular formula is C21H22Cl2N2O3. The number of rotatable bonds is 7. The monoisotopic (exact) mass is 420 g/mol. The van der Waals surface area contributed by atoms with Crippen molar-refractivity contribution in [2.24, 2.45) is 11.1 Å². The van der Waals surface area contributed by atoms with E-state index in [1.807, 2.05) is 36.4 Å². The minimum Gasteiger partial charge on any atom is -0.481 e. The number of hydrogen-bond donors (Lipinski definition) is 1. The second-order valence-electron chi connectivity index (χ2n) is 6.77. The fraction of sp³-hybridized carbons (Fsp3) is 0.333. The highest BCUT2D eigenvalue weighted by Gasteiger charge is 2.25. The molecule has 148 valence electrons. The molecule has 0 bridgehead atoms. The van der Waals surface area contributed by atoms with Crippen LogP contribution in [0.5, 0.6) is 0 Å². The van der Waals surface area contributed by atoms with E-state index in [9.17, 15) is 9.90 Å². The minimum atomic E-state index is -0.729. The van der Waals surface area contributed by atoms with E-state index in [0.29, 0.717) is 35.5 Å².